The predicted molar refractivity (Wildman–Crippen MR) is 58.0 cm³/mol. The molecule has 0 heterocycles. The number of rotatable bonds is 5. The predicted octanol–water partition coefficient (Wildman–Crippen LogP) is 3.43. The van der Waals surface area contributed by atoms with Crippen molar-refractivity contribution in [1.29, 1.82) is 0 Å². The Balaban J connectivity index is 1.95. The van der Waals surface area contributed by atoms with Crippen molar-refractivity contribution in [2.75, 3.05) is 0 Å². The molecule has 1 heteroatoms. The van der Waals surface area contributed by atoms with Gasteiger partial charge >= 0.3 is 0 Å². The molecule has 14 heavy (non-hydrogen) atoms. The van der Waals surface area contributed by atoms with Crippen LogP contribution in [0.4, 0.5) is 0 Å². The van der Waals surface area contributed by atoms with Crippen LogP contribution in [-0.4, -0.2) is 5.78 Å². The average Bonchev–Trinajstić information content (AvgIpc) is 2.93. The van der Waals surface area contributed by atoms with Crippen molar-refractivity contribution in [1.82, 2.24) is 0 Å². The molecule has 0 amide bonds. The van der Waals surface area contributed by atoms with Crippen LogP contribution in [0.15, 0.2) is 0 Å². The Morgan fingerprint density at radius 2 is 2.00 bits per heavy atom. The molecule has 4 atom stereocenters. The van der Waals surface area contributed by atoms with Crippen LogP contribution in [0.3, 0.4) is 0 Å². The highest BCUT2D eigenvalue weighted by atomic mass is 16.1. The van der Waals surface area contributed by atoms with E-state index in [9.17, 15) is 4.79 Å². The van der Waals surface area contributed by atoms with Gasteiger partial charge in [0.25, 0.3) is 0 Å². The van der Waals surface area contributed by atoms with E-state index in [2.05, 4.69) is 27.7 Å². The van der Waals surface area contributed by atoms with Crippen LogP contribution in [0.5, 0.6) is 0 Å². The van der Waals surface area contributed by atoms with E-state index >= 15 is 0 Å². The Morgan fingerprint density at radius 1 is 1.36 bits per heavy atom. The van der Waals surface area contributed by atoms with Crippen molar-refractivity contribution in [3.63, 3.8) is 0 Å². The highest BCUT2D eigenvalue weighted by Crippen LogP contribution is 2.94. The van der Waals surface area contributed by atoms with Gasteiger partial charge in [-0.2, -0.15) is 0 Å². The molecule has 0 aliphatic heterocycles. The average molecular weight is 194 g/mol. The van der Waals surface area contributed by atoms with Crippen LogP contribution < -0.4 is 0 Å². The number of carbonyl (C=O) groups is 1. The number of carbonyl (C=O) groups excluding carboxylic acids is 1. The highest BCUT2D eigenvalue weighted by Gasteiger charge is 2.93. The van der Waals surface area contributed by atoms with E-state index in [0.29, 0.717) is 22.5 Å². The quantitative estimate of drug-likeness (QED) is 0.655. The Morgan fingerprint density at radius 3 is 2.36 bits per heavy atom. The SMILES string of the molecule is CCCCC(=O)C1C2(C)C(C)C12CC. The van der Waals surface area contributed by atoms with Crippen molar-refractivity contribution in [3.8, 4) is 0 Å². The third-order valence-corrected chi connectivity index (χ3v) is 5.31. The minimum atomic E-state index is 0.409. The van der Waals surface area contributed by atoms with Crippen molar-refractivity contribution in [3.05, 3.63) is 0 Å². The number of hydrogen-bond donors (Lipinski definition) is 0. The van der Waals surface area contributed by atoms with Gasteiger partial charge in [-0.25, -0.2) is 0 Å². The summed E-state index contributed by atoms with van der Waals surface area (Å²) in [6, 6.07) is 0. The van der Waals surface area contributed by atoms with Gasteiger partial charge in [0.1, 0.15) is 5.78 Å². The normalized spacial score (nSPS) is 48.6. The molecule has 80 valence electrons. The Labute approximate surface area is 87.3 Å². The smallest absolute Gasteiger partial charge is 0.137 e. The Kier molecular flexibility index (Phi) is 2.06. The monoisotopic (exact) mass is 194 g/mol. The van der Waals surface area contributed by atoms with Crippen LogP contribution in [0.2, 0.25) is 0 Å². The Hall–Kier alpha value is -0.330. The zero-order valence-electron chi connectivity index (χ0n) is 9.89. The number of ketones is 1. The second-order valence-corrected chi connectivity index (χ2v) is 5.40. The van der Waals surface area contributed by atoms with E-state index in [1.807, 2.05) is 0 Å². The second-order valence-electron chi connectivity index (χ2n) is 5.40. The molecule has 0 bridgehead atoms. The molecular weight excluding hydrogens is 172 g/mol. The molecule has 0 aromatic rings. The van der Waals surface area contributed by atoms with E-state index in [1.54, 1.807) is 0 Å². The van der Waals surface area contributed by atoms with Gasteiger partial charge in [0, 0.05) is 12.3 Å². The third-order valence-electron chi connectivity index (χ3n) is 5.31. The Bertz CT molecular complexity index is 270. The lowest BCUT2D eigenvalue weighted by molar-refractivity contribution is -0.123. The molecule has 0 N–H and O–H groups in total. The summed E-state index contributed by atoms with van der Waals surface area (Å²) in [4.78, 5) is 11.9. The van der Waals surface area contributed by atoms with Gasteiger partial charge in [-0.3, -0.25) is 4.79 Å². The fourth-order valence-electron chi connectivity index (χ4n) is 4.15. The first-order valence-electron chi connectivity index (χ1n) is 6.10. The standard InChI is InChI=1S/C13H22O/c1-5-7-8-10(14)11-12(4)9(3)13(11,12)6-2/h9,11H,5-8H2,1-4H3. The van der Waals surface area contributed by atoms with E-state index in [0.717, 1.165) is 25.2 Å². The minimum Gasteiger partial charge on any atom is -0.299 e. The van der Waals surface area contributed by atoms with Gasteiger partial charge < -0.3 is 0 Å². The molecule has 0 saturated heterocycles. The fraction of sp³-hybridized carbons (Fsp3) is 0.923. The lowest BCUT2D eigenvalue weighted by Gasteiger charge is -2.16. The van der Waals surface area contributed by atoms with Crippen LogP contribution in [0.1, 0.15) is 53.4 Å². The van der Waals surface area contributed by atoms with E-state index in [4.69, 9.17) is 0 Å². The van der Waals surface area contributed by atoms with Gasteiger partial charge in [-0.05, 0) is 29.6 Å². The van der Waals surface area contributed by atoms with Crippen LogP contribution in [-0.2, 0) is 4.79 Å². The maximum atomic E-state index is 11.9. The van der Waals surface area contributed by atoms with Crippen molar-refractivity contribution in [2.45, 2.75) is 53.4 Å². The van der Waals surface area contributed by atoms with Gasteiger partial charge in [0.15, 0.2) is 0 Å². The summed E-state index contributed by atoms with van der Waals surface area (Å²) in [5.74, 6) is 1.78. The van der Waals surface area contributed by atoms with Gasteiger partial charge in [0.2, 0.25) is 0 Å². The minimum absolute atomic E-state index is 0.409. The van der Waals surface area contributed by atoms with Crippen LogP contribution in [0, 0.1) is 22.7 Å². The van der Waals surface area contributed by atoms with Gasteiger partial charge in [0.05, 0.1) is 0 Å². The van der Waals surface area contributed by atoms with Crippen LogP contribution in [0.25, 0.3) is 0 Å². The number of fused-ring (bicyclic) bond motifs is 1. The molecule has 0 aromatic heterocycles. The topological polar surface area (TPSA) is 17.1 Å². The summed E-state index contributed by atoms with van der Waals surface area (Å²) in [6.07, 6.45) is 4.25. The lowest BCUT2D eigenvalue weighted by atomic mass is 9.87. The van der Waals surface area contributed by atoms with Crippen LogP contribution >= 0.6 is 0 Å². The van der Waals surface area contributed by atoms with Gasteiger partial charge in [-0.1, -0.05) is 34.1 Å². The molecule has 4 unspecified atom stereocenters. The maximum absolute atomic E-state index is 11.9. The summed E-state index contributed by atoms with van der Waals surface area (Å²) in [5.41, 5.74) is 0.852. The van der Waals surface area contributed by atoms with E-state index < -0.39 is 0 Å². The summed E-state index contributed by atoms with van der Waals surface area (Å²) in [6.45, 7) is 9.03. The fourth-order valence-corrected chi connectivity index (χ4v) is 4.15. The van der Waals surface area contributed by atoms with Crippen molar-refractivity contribution in [2.24, 2.45) is 22.7 Å². The molecule has 2 saturated carbocycles. The number of unbranched alkanes of at least 4 members (excludes halogenated alkanes) is 1. The molecule has 1 nitrogen and oxygen atoms in total. The zero-order valence-corrected chi connectivity index (χ0v) is 9.89. The van der Waals surface area contributed by atoms with E-state index in [1.165, 1.54) is 6.42 Å². The first-order chi connectivity index (χ1) is 6.57. The first kappa shape index (κ1) is 10.2. The van der Waals surface area contributed by atoms with Crippen molar-refractivity contribution < 1.29 is 4.79 Å². The second kappa shape index (κ2) is 2.84. The van der Waals surface area contributed by atoms with Crippen molar-refractivity contribution >= 4 is 5.78 Å². The largest absolute Gasteiger partial charge is 0.299 e. The summed E-state index contributed by atoms with van der Waals surface area (Å²) in [5, 5.41) is 0. The molecule has 0 radical (unpaired) electrons. The molecule has 0 aromatic carbocycles. The molecule has 2 aliphatic carbocycles. The zero-order chi connectivity index (χ0) is 10.6. The number of Topliss-reactive ketones (excluding diaryl/α,β-unsaturated/α-hetero) is 1. The molecule has 0 spiro atoms. The highest BCUT2D eigenvalue weighted by molar-refractivity contribution is 5.89. The first-order valence-corrected chi connectivity index (χ1v) is 6.10. The summed E-state index contributed by atoms with van der Waals surface area (Å²) < 4.78 is 0. The van der Waals surface area contributed by atoms with Gasteiger partial charge in [-0.15, -0.1) is 0 Å². The molecule has 2 rings (SSSR count). The third kappa shape index (κ3) is 0.844. The molecule has 2 fully saturated rings. The summed E-state index contributed by atoms with van der Waals surface area (Å²) in [7, 11) is 0. The number of hydrogen-bond acceptors (Lipinski definition) is 1. The maximum Gasteiger partial charge on any atom is 0.137 e. The lowest BCUT2D eigenvalue weighted by Crippen LogP contribution is -2.18. The van der Waals surface area contributed by atoms with E-state index in [-0.39, 0.29) is 0 Å². The molecular formula is C13H22O. The molecule has 2 aliphatic rings. The summed E-state index contributed by atoms with van der Waals surface area (Å²) >= 11 is 0.